The quantitative estimate of drug-likeness (QED) is 0.676. The molecular formula is C11H19N. The van der Waals surface area contributed by atoms with Gasteiger partial charge in [0.25, 0.3) is 0 Å². The normalized spacial score (nSPS) is 45.5. The predicted molar refractivity (Wildman–Crippen MR) is 50.0 cm³/mol. The highest BCUT2D eigenvalue weighted by atomic mass is 14.9. The molecule has 3 aliphatic rings. The molecular weight excluding hydrogens is 146 g/mol. The minimum absolute atomic E-state index is 0.921. The second-order valence-electron chi connectivity index (χ2n) is 5.05. The first-order chi connectivity index (χ1) is 5.93. The molecule has 3 fully saturated rings. The Morgan fingerprint density at radius 2 is 2.00 bits per heavy atom. The molecule has 0 aromatic carbocycles. The van der Waals surface area contributed by atoms with E-state index in [0.717, 1.165) is 23.8 Å². The lowest BCUT2D eigenvalue weighted by molar-refractivity contribution is 0.350. The zero-order valence-corrected chi connectivity index (χ0v) is 7.76. The van der Waals surface area contributed by atoms with E-state index in [0.29, 0.717) is 0 Å². The average Bonchev–Trinajstić information content (AvgIpc) is 2.95. The smallest absolute Gasteiger partial charge is 0.00981 e. The fraction of sp³-hybridized carbons (Fsp3) is 1.00. The van der Waals surface area contributed by atoms with Crippen LogP contribution in [0.4, 0.5) is 0 Å². The van der Waals surface area contributed by atoms with Crippen molar-refractivity contribution in [2.45, 2.75) is 44.6 Å². The van der Waals surface area contributed by atoms with Crippen molar-refractivity contribution < 1.29 is 0 Å². The molecule has 0 aliphatic heterocycles. The van der Waals surface area contributed by atoms with Crippen molar-refractivity contribution in [3.63, 3.8) is 0 Å². The van der Waals surface area contributed by atoms with Gasteiger partial charge in [-0.2, -0.15) is 0 Å². The second-order valence-corrected chi connectivity index (χ2v) is 5.05. The molecule has 1 nitrogen and oxygen atoms in total. The van der Waals surface area contributed by atoms with Crippen LogP contribution < -0.4 is 5.32 Å². The molecule has 0 bridgehead atoms. The number of rotatable bonds is 3. The molecule has 1 N–H and O–H groups in total. The summed E-state index contributed by atoms with van der Waals surface area (Å²) in [6.07, 6.45) is 9.02. The third kappa shape index (κ3) is 1.39. The van der Waals surface area contributed by atoms with E-state index in [4.69, 9.17) is 0 Å². The summed E-state index contributed by atoms with van der Waals surface area (Å²) in [5, 5.41) is 3.77. The van der Waals surface area contributed by atoms with Crippen LogP contribution in [0.25, 0.3) is 0 Å². The maximum Gasteiger partial charge on any atom is 0.00981 e. The lowest BCUT2D eigenvalue weighted by Gasteiger charge is -2.22. The molecule has 0 aromatic heterocycles. The Morgan fingerprint density at radius 3 is 2.83 bits per heavy atom. The third-order valence-corrected chi connectivity index (χ3v) is 3.95. The summed E-state index contributed by atoms with van der Waals surface area (Å²) in [5.41, 5.74) is 0. The maximum atomic E-state index is 3.77. The van der Waals surface area contributed by atoms with Gasteiger partial charge in [0, 0.05) is 6.04 Å². The van der Waals surface area contributed by atoms with Crippen LogP contribution in [0.2, 0.25) is 0 Å². The van der Waals surface area contributed by atoms with Crippen molar-refractivity contribution >= 4 is 0 Å². The van der Waals surface area contributed by atoms with Gasteiger partial charge >= 0.3 is 0 Å². The summed E-state index contributed by atoms with van der Waals surface area (Å²) in [7, 11) is 0. The van der Waals surface area contributed by atoms with Crippen LogP contribution in [0, 0.1) is 17.8 Å². The van der Waals surface area contributed by atoms with Crippen molar-refractivity contribution in [1.29, 1.82) is 0 Å². The van der Waals surface area contributed by atoms with Crippen LogP contribution in [0.5, 0.6) is 0 Å². The van der Waals surface area contributed by atoms with Gasteiger partial charge in [0.1, 0.15) is 0 Å². The number of hydrogen-bond donors (Lipinski definition) is 1. The molecule has 0 saturated heterocycles. The molecule has 1 heteroatoms. The first-order valence-corrected chi connectivity index (χ1v) is 5.67. The van der Waals surface area contributed by atoms with Crippen LogP contribution in [0.15, 0.2) is 0 Å². The van der Waals surface area contributed by atoms with Gasteiger partial charge in [-0.3, -0.25) is 0 Å². The van der Waals surface area contributed by atoms with E-state index in [9.17, 15) is 0 Å². The maximum absolute atomic E-state index is 3.77. The van der Waals surface area contributed by atoms with Gasteiger partial charge in [-0.1, -0.05) is 12.8 Å². The van der Waals surface area contributed by atoms with Gasteiger partial charge in [0.15, 0.2) is 0 Å². The molecule has 3 atom stereocenters. The number of fused-ring (bicyclic) bond motifs is 1. The van der Waals surface area contributed by atoms with Crippen molar-refractivity contribution in [3.8, 4) is 0 Å². The van der Waals surface area contributed by atoms with Crippen LogP contribution >= 0.6 is 0 Å². The summed E-state index contributed by atoms with van der Waals surface area (Å²) < 4.78 is 0. The van der Waals surface area contributed by atoms with Crippen molar-refractivity contribution in [2.24, 2.45) is 17.8 Å². The van der Waals surface area contributed by atoms with E-state index in [1.807, 2.05) is 0 Å². The van der Waals surface area contributed by atoms with E-state index in [1.165, 1.54) is 38.6 Å². The van der Waals surface area contributed by atoms with Crippen molar-refractivity contribution in [3.05, 3.63) is 0 Å². The fourth-order valence-corrected chi connectivity index (χ4v) is 2.80. The summed E-state index contributed by atoms with van der Waals surface area (Å²) in [6.45, 7) is 1.33. The minimum atomic E-state index is 0.921. The fourth-order valence-electron chi connectivity index (χ4n) is 2.80. The molecule has 0 spiro atoms. The standard InChI is InChI=1S/C11H19N/c1-2-9-6-10(9)11(3-1)12-7-8-4-5-8/h8-12H,1-7H2. The van der Waals surface area contributed by atoms with E-state index in [2.05, 4.69) is 5.32 Å². The van der Waals surface area contributed by atoms with Gasteiger partial charge in [0.05, 0.1) is 0 Å². The van der Waals surface area contributed by atoms with Crippen LogP contribution in [-0.4, -0.2) is 12.6 Å². The molecule has 12 heavy (non-hydrogen) atoms. The Labute approximate surface area is 74.9 Å². The Bertz CT molecular complexity index is 174. The monoisotopic (exact) mass is 165 g/mol. The molecule has 0 amide bonds. The largest absolute Gasteiger partial charge is 0.313 e. The first kappa shape index (κ1) is 7.37. The average molecular weight is 165 g/mol. The first-order valence-electron chi connectivity index (χ1n) is 5.67. The van der Waals surface area contributed by atoms with E-state index in [1.54, 1.807) is 6.42 Å². The Balaban J connectivity index is 1.47. The number of nitrogens with one attached hydrogen (secondary N) is 1. The molecule has 0 heterocycles. The minimum Gasteiger partial charge on any atom is -0.313 e. The SMILES string of the molecule is C1CC2CC2C(NCC2CC2)C1. The van der Waals surface area contributed by atoms with E-state index >= 15 is 0 Å². The molecule has 3 saturated carbocycles. The Hall–Kier alpha value is -0.0400. The highest BCUT2D eigenvalue weighted by molar-refractivity contribution is 4.98. The topological polar surface area (TPSA) is 12.0 Å². The number of hydrogen-bond acceptors (Lipinski definition) is 1. The predicted octanol–water partition coefficient (Wildman–Crippen LogP) is 2.17. The Morgan fingerprint density at radius 1 is 1.08 bits per heavy atom. The lowest BCUT2D eigenvalue weighted by Crippen LogP contribution is -2.34. The second kappa shape index (κ2) is 2.73. The van der Waals surface area contributed by atoms with E-state index in [-0.39, 0.29) is 0 Å². The molecule has 0 radical (unpaired) electrons. The van der Waals surface area contributed by atoms with Crippen LogP contribution in [0.3, 0.4) is 0 Å². The van der Waals surface area contributed by atoms with Crippen molar-refractivity contribution in [1.82, 2.24) is 5.32 Å². The van der Waals surface area contributed by atoms with Crippen LogP contribution in [0.1, 0.15) is 38.5 Å². The third-order valence-electron chi connectivity index (χ3n) is 3.95. The Kier molecular flexibility index (Phi) is 1.68. The van der Waals surface area contributed by atoms with E-state index < -0.39 is 0 Å². The zero-order chi connectivity index (χ0) is 7.97. The summed E-state index contributed by atoms with van der Waals surface area (Å²) in [5.74, 6) is 3.29. The summed E-state index contributed by atoms with van der Waals surface area (Å²) in [4.78, 5) is 0. The van der Waals surface area contributed by atoms with Gasteiger partial charge in [-0.15, -0.1) is 0 Å². The zero-order valence-electron chi connectivity index (χ0n) is 7.76. The van der Waals surface area contributed by atoms with Gasteiger partial charge in [-0.05, 0) is 50.0 Å². The molecule has 0 aromatic rings. The van der Waals surface area contributed by atoms with Crippen LogP contribution in [-0.2, 0) is 0 Å². The molecule has 3 aliphatic carbocycles. The van der Waals surface area contributed by atoms with Gasteiger partial charge in [0.2, 0.25) is 0 Å². The van der Waals surface area contributed by atoms with Crippen molar-refractivity contribution in [2.75, 3.05) is 6.54 Å². The lowest BCUT2D eigenvalue weighted by atomic mass is 9.95. The molecule has 3 unspecified atom stereocenters. The van der Waals surface area contributed by atoms with Gasteiger partial charge < -0.3 is 5.32 Å². The highest BCUT2D eigenvalue weighted by Gasteiger charge is 2.45. The summed E-state index contributed by atoms with van der Waals surface area (Å²) in [6, 6.07) is 0.921. The summed E-state index contributed by atoms with van der Waals surface area (Å²) >= 11 is 0. The molecule has 68 valence electrons. The van der Waals surface area contributed by atoms with Gasteiger partial charge in [-0.25, -0.2) is 0 Å². The highest BCUT2D eigenvalue weighted by Crippen LogP contribution is 2.49. The molecule has 3 rings (SSSR count).